The Labute approximate surface area is 224 Å². The fraction of sp³-hybridized carbons (Fsp3) is 0.433. The Kier molecular flexibility index (Phi) is 7.96. The number of aromatic nitrogens is 1. The van der Waals surface area contributed by atoms with Gasteiger partial charge in [0.15, 0.2) is 0 Å². The van der Waals surface area contributed by atoms with Gasteiger partial charge in [-0.05, 0) is 68.1 Å². The largest absolute Gasteiger partial charge is 0.495 e. The molecule has 5 rings (SSSR count). The third kappa shape index (κ3) is 5.85. The summed E-state index contributed by atoms with van der Waals surface area (Å²) in [5.41, 5.74) is 3.86. The van der Waals surface area contributed by atoms with Gasteiger partial charge in [-0.1, -0.05) is 12.1 Å². The van der Waals surface area contributed by atoms with Crippen LogP contribution < -0.4 is 19.9 Å². The fourth-order valence-electron chi connectivity index (χ4n) is 5.43. The molecule has 8 nitrogen and oxygen atoms in total. The molecule has 2 saturated heterocycles. The number of hydrogen-bond acceptors (Lipinski definition) is 6. The number of rotatable bonds is 7. The van der Waals surface area contributed by atoms with Gasteiger partial charge in [-0.2, -0.15) is 0 Å². The van der Waals surface area contributed by atoms with Crippen molar-refractivity contribution < 1.29 is 14.3 Å². The van der Waals surface area contributed by atoms with Crippen LogP contribution in [0.2, 0.25) is 0 Å². The van der Waals surface area contributed by atoms with Crippen LogP contribution in [0.15, 0.2) is 48.5 Å². The fourth-order valence-corrected chi connectivity index (χ4v) is 5.43. The van der Waals surface area contributed by atoms with Crippen LogP contribution in [0.5, 0.6) is 5.75 Å². The zero-order valence-electron chi connectivity index (χ0n) is 22.4. The number of amides is 2. The number of para-hydroxylation sites is 2. The molecule has 0 spiro atoms. The van der Waals surface area contributed by atoms with Crippen molar-refractivity contribution in [2.45, 2.75) is 39.0 Å². The van der Waals surface area contributed by atoms with Crippen LogP contribution in [0.25, 0.3) is 10.9 Å². The lowest BCUT2D eigenvalue weighted by Crippen LogP contribution is -2.49. The number of carbonyl (C=O) groups is 2. The molecule has 38 heavy (non-hydrogen) atoms. The van der Waals surface area contributed by atoms with Crippen molar-refractivity contribution >= 4 is 39.9 Å². The summed E-state index contributed by atoms with van der Waals surface area (Å²) in [4.78, 5) is 36.8. The molecule has 200 valence electrons. The first-order chi connectivity index (χ1) is 18.5. The Morgan fingerprint density at radius 2 is 1.66 bits per heavy atom. The summed E-state index contributed by atoms with van der Waals surface area (Å²) in [6.45, 7) is 6.95. The number of methoxy groups -OCH3 is 1. The predicted molar refractivity (Wildman–Crippen MR) is 152 cm³/mol. The van der Waals surface area contributed by atoms with Crippen LogP contribution >= 0.6 is 0 Å². The normalized spacial score (nSPS) is 16.0. The molecule has 3 heterocycles. The summed E-state index contributed by atoms with van der Waals surface area (Å²) in [7, 11) is 1.67. The highest BCUT2D eigenvalue weighted by Gasteiger charge is 2.23. The van der Waals surface area contributed by atoms with E-state index in [1.807, 2.05) is 47.4 Å². The summed E-state index contributed by atoms with van der Waals surface area (Å²) in [5, 5.41) is 4.00. The molecule has 2 fully saturated rings. The second kappa shape index (κ2) is 11.7. The number of fused-ring (bicyclic) bond motifs is 1. The van der Waals surface area contributed by atoms with Gasteiger partial charge in [-0.15, -0.1) is 0 Å². The van der Waals surface area contributed by atoms with Crippen molar-refractivity contribution in [1.29, 1.82) is 0 Å². The standard InChI is InChI=1S/C30H37N5O3/c1-22-20-28(34-14-6-3-7-15-34)32-25-11-10-23(21-24(22)25)31-29(36)12-13-30(37)35-18-16-33(17-19-35)26-8-4-5-9-27(26)38-2/h4-5,8-11,20-21H,3,6-7,12-19H2,1-2H3,(H,31,36). The molecule has 0 radical (unpaired) electrons. The lowest BCUT2D eigenvalue weighted by molar-refractivity contribution is -0.133. The Morgan fingerprint density at radius 3 is 2.42 bits per heavy atom. The molecule has 2 aromatic carbocycles. The molecular formula is C30H37N5O3. The minimum Gasteiger partial charge on any atom is -0.495 e. The van der Waals surface area contributed by atoms with Crippen molar-refractivity contribution in [1.82, 2.24) is 9.88 Å². The number of ether oxygens (including phenoxy) is 1. The van der Waals surface area contributed by atoms with Gasteiger partial charge in [0, 0.05) is 63.2 Å². The summed E-state index contributed by atoms with van der Waals surface area (Å²) in [6, 6.07) is 15.9. The van der Waals surface area contributed by atoms with E-state index in [1.165, 1.54) is 19.3 Å². The van der Waals surface area contributed by atoms with Gasteiger partial charge < -0.3 is 24.8 Å². The summed E-state index contributed by atoms with van der Waals surface area (Å²) in [6.07, 6.45) is 4.08. The second-order valence-electron chi connectivity index (χ2n) is 10.2. The maximum atomic E-state index is 12.8. The lowest BCUT2D eigenvalue weighted by Gasteiger charge is -2.36. The van der Waals surface area contributed by atoms with E-state index < -0.39 is 0 Å². The van der Waals surface area contributed by atoms with Crippen LogP contribution in [-0.4, -0.2) is 68.1 Å². The molecule has 0 aliphatic carbocycles. The van der Waals surface area contributed by atoms with Crippen LogP contribution in [-0.2, 0) is 9.59 Å². The average molecular weight is 516 g/mol. The van der Waals surface area contributed by atoms with Gasteiger partial charge in [0.2, 0.25) is 11.8 Å². The first kappa shape index (κ1) is 25.8. The molecular weight excluding hydrogens is 478 g/mol. The Morgan fingerprint density at radius 1 is 0.895 bits per heavy atom. The van der Waals surface area contributed by atoms with E-state index in [1.54, 1.807) is 7.11 Å². The monoisotopic (exact) mass is 515 g/mol. The van der Waals surface area contributed by atoms with Crippen molar-refractivity contribution in [2.24, 2.45) is 0 Å². The third-order valence-corrected chi connectivity index (χ3v) is 7.59. The molecule has 0 atom stereocenters. The number of nitrogens with zero attached hydrogens (tertiary/aromatic N) is 4. The van der Waals surface area contributed by atoms with Gasteiger partial charge in [0.1, 0.15) is 11.6 Å². The molecule has 0 unspecified atom stereocenters. The Hall–Kier alpha value is -3.81. The lowest BCUT2D eigenvalue weighted by atomic mass is 10.1. The molecule has 2 aliphatic rings. The molecule has 8 heteroatoms. The van der Waals surface area contributed by atoms with Crippen molar-refractivity contribution in [3.8, 4) is 5.75 Å². The van der Waals surface area contributed by atoms with Crippen LogP contribution in [0, 0.1) is 6.92 Å². The van der Waals surface area contributed by atoms with Gasteiger partial charge >= 0.3 is 0 Å². The Bertz CT molecular complexity index is 1300. The SMILES string of the molecule is COc1ccccc1N1CCN(C(=O)CCC(=O)Nc2ccc3nc(N4CCCCC4)cc(C)c3c2)CC1. The van der Waals surface area contributed by atoms with Crippen molar-refractivity contribution in [3.05, 3.63) is 54.1 Å². The van der Waals surface area contributed by atoms with Gasteiger partial charge in [0.05, 0.1) is 18.3 Å². The summed E-state index contributed by atoms with van der Waals surface area (Å²) in [5.74, 6) is 1.74. The van der Waals surface area contributed by atoms with E-state index in [-0.39, 0.29) is 24.7 Å². The molecule has 2 amide bonds. The minimum absolute atomic E-state index is 0.0172. The van der Waals surface area contributed by atoms with E-state index in [4.69, 9.17) is 9.72 Å². The van der Waals surface area contributed by atoms with E-state index >= 15 is 0 Å². The first-order valence-electron chi connectivity index (χ1n) is 13.6. The van der Waals surface area contributed by atoms with E-state index in [0.717, 1.165) is 65.6 Å². The number of hydrogen-bond donors (Lipinski definition) is 1. The number of piperidine rings is 1. The predicted octanol–water partition coefficient (Wildman–Crippen LogP) is 4.61. The number of aryl methyl sites for hydroxylation is 1. The molecule has 1 N–H and O–H groups in total. The number of benzene rings is 2. The maximum Gasteiger partial charge on any atom is 0.224 e. The average Bonchev–Trinajstić information content (AvgIpc) is 2.96. The van der Waals surface area contributed by atoms with Gasteiger partial charge in [-0.3, -0.25) is 9.59 Å². The van der Waals surface area contributed by atoms with E-state index in [2.05, 4.69) is 28.1 Å². The van der Waals surface area contributed by atoms with E-state index in [0.29, 0.717) is 13.1 Å². The van der Waals surface area contributed by atoms with Crippen LogP contribution in [0.1, 0.15) is 37.7 Å². The second-order valence-corrected chi connectivity index (χ2v) is 10.2. The summed E-state index contributed by atoms with van der Waals surface area (Å²) < 4.78 is 5.48. The molecule has 3 aromatic rings. The molecule has 2 aliphatic heterocycles. The summed E-state index contributed by atoms with van der Waals surface area (Å²) >= 11 is 0. The van der Waals surface area contributed by atoms with Gasteiger partial charge in [-0.25, -0.2) is 4.98 Å². The van der Waals surface area contributed by atoms with Crippen molar-refractivity contribution in [3.63, 3.8) is 0 Å². The first-order valence-corrected chi connectivity index (χ1v) is 13.6. The highest BCUT2D eigenvalue weighted by Crippen LogP contribution is 2.29. The van der Waals surface area contributed by atoms with Crippen LogP contribution in [0.4, 0.5) is 17.2 Å². The number of anilines is 3. The van der Waals surface area contributed by atoms with Crippen LogP contribution in [0.3, 0.4) is 0 Å². The number of carbonyl (C=O) groups excluding carboxylic acids is 2. The number of nitrogens with one attached hydrogen (secondary N) is 1. The maximum absolute atomic E-state index is 12.8. The topological polar surface area (TPSA) is 78.0 Å². The van der Waals surface area contributed by atoms with E-state index in [9.17, 15) is 9.59 Å². The molecule has 0 saturated carbocycles. The molecule has 1 aromatic heterocycles. The third-order valence-electron chi connectivity index (χ3n) is 7.59. The molecule has 0 bridgehead atoms. The smallest absolute Gasteiger partial charge is 0.224 e. The highest BCUT2D eigenvalue weighted by molar-refractivity contribution is 5.96. The Balaban J connectivity index is 1.13. The number of pyridine rings is 1. The highest BCUT2D eigenvalue weighted by atomic mass is 16.5. The van der Waals surface area contributed by atoms with Crippen molar-refractivity contribution in [2.75, 3.05) is 61.5 Å². The number of piperazine rings is 1. The quantitative estimate of drug-likeness (QED) is 0.495. The van der Waals surface area contributed by atoms with Gasteiger partial charge in [0.25, 0.3) is 0 Å². The minimum atomic E-state index is -0.152. The zero-order valence-corrected chi connectivity index (χ0v) is 22.4. The zero-order chi connectivity index (χ0) is 26.5.